The van der Waals surface area contributed by atoms with Crippen LogP contribution in [0.25, 0.3) is 21.0 Å². The molecule has 5 rings (SSSR count). The van der Waals surface area contributed by atoms with Gasteiger partial charge in [0.25, 0.3) is 5.56 Å². The van der Waals surface area contributed by atoms with Gasteiger partial charge >= 0.3 is 11.7 Å². The first-order valence-corrected chi connectivity index (χ1v) is 12.8. The van der Waals surface area contributed by atoms with Crippen LogP contribution in [0.5, 0.6) is 5.75 Å². The van der Waals surface area contributed by atoms with Crippen molar-refractivity contribution < 1.29 is 28.5 Å². The molecule has 1 aromatic carbocycles. The molecule has 0 spiro atoms. The van der Waals surface area contributed by atoms with E-state index in [1.54, 1.807) is 20.1 Å². The molecule has 1 aliphatic heterocycles. The number of para-hydroxylation sites is 1. The van der Waals surface area contributed by atoms with Crippen LogP contribution >= 0.6 is 11.3 Å². The van der Waals surface area contributed by atoms with Crippen LogP contribution < -0.4 is 16.0 Å². The van der Waals surface area contributed by atoms with Gasteiger partial charge in [0.05, 0.1) is 43.3 Å². The number of nitrogens with zero attached hydrogens (tertiary/aromatic N) is 3. The van der Waals surface area contributed by atoms with Crippen LogP contribution in [0.3, 0.4) is 0 Å². The lowest BCUT2D eigenvalue weighted by molar-refractivity contribution is -0.159. The minimum atomic E-state index is -1.82. The fourth-order valence-corrected chi connectivity index (χ4v) is 5.72. The van der Waals surface area contributed by atoms with Crippen LogP contribution in [0.15, 0.2) is 50.7 Å². The lowest BCUT2D eigenvalue weighted by Gasteiger charge is -2.32. The maximum Gasteiger partial charge on any atom is 0.333 e. The van der Waals surface area contributed by atoms with Crippen LogP contribution in [-0.2, 0) is 26.4 Å². The fraction of sp³-hybridized carbons (Fsp3) is 0.385. The Morgan fingerprint density at radius 3 is 2.63 bits per heavy atom. The second kappa shape index (κ2) is 9.86. The van der Waals surface area contributed by atoms with Crippen molar-refractivity contribution in [2.45, 2.75) is 45.1 Å². The van der Waals surface area contributed by atoms with E-state index in [1.165, 1.54) is 42.2 Å². The van der Waals surface area contributed by atoms with E-state index in [2.05, 4.69) is 4.98 Å². The molecule has 38 heavy (non-hydrogen) atoms. The van der Waals surface area contributed by atoms with Crippen molar-refractivity contribution in [2.75, 3.05) is 20.3 Å². The highest BCUT2D eigenvalue weighted by molar-refractivity contribution is 7.22. The monoisotopic (exact) mass is 541 g/mol. The molecule has 1 aliphatic rings. The van der Waals surface area contributed by atoms with Crippen molar-refractivity contribution in [3.63, 3.8) is 0 Å². The van der Waals surface area contributed by atoms with E-state index in [9.17, 15) is 19.5 Å². The summed E-state index contributed by atoms with van der Waals surface area (Å²) in [6.45, 7) is 5.19. The third kappa shape index (κ3) is 4.24. The number of hydrogen-bond donors (Lipinski definition) is 1. The highest BCUT2D eigenvalue weighted by Gasteiger charge is 2.36. The number of carbonyl (C=O) groups is 1. The summed E-state index contributed by atoms with van der Waals surface area (Å²) in [6, 6.07) is 7.32. The van der Waals surface area contributed by atoms with E-state index in [0.29, 0.717) is 45.7 Å². The third-order valence-electron chi connectivity index (χ3n) is 6.72. The minimum Gasteiger partial charge on any atom is -0.496 e. The number of ether oxygens (including phenoxy) is 3. The van der Waals surface area contributed by atoms with Crippen molar-refractivity contribution in [1.82, 2.24) is 14.1 Å². The molecule has 1 saturated heterocycles. The van der Waals surface area contributed by atoms with Gasteiger partial charge in [-0.05, 0) is 32.4 Å². The zero-order chi connectivity index (χ0) is 27.2. The number of oxazole rings is 1. The van der Waals surface area contributed by atoms with Gasteiger partial charge < -0.3 is 23.7 Å². The topological polar surface area (TPSA) is 135 Å². The molecule has 0 saturated carbocycles. The van der Waals surface area contributed by atoms with E-state index >= 15 is 0 Å². The third-order valence-corrected chi connectivity index (χ3v) is 8.02. The Morgan fingerprint density at radius 2 is 2.03 bits per heavy atom. The van der Waals surface area contributed by atoms with Gasteiger partial charge in [-0.1, -0.05) is 18.2 Å². The molecule has 0 unspecified atom stereocenters. The molecule has 0 aliphatic carbocycles. The number of rotatable bonds is 9. The van der Waals surface area contributed by atoms with E-state index in [1.807, 2.05) is 18.2 Å². The van der Waals surface area contributed by atoms with Gasteiger partial charge in [0, 0.05) is 5.56 Å². The summed E-state index contributed by atoms with van der Waals surface area (Å²) in [6.07, 6.45) is 2.06. The lowest BCUT2D eigenvalue weighted by atomic mass is 10.0. The number of methoxy groups -OCH3 is 1. The van der Waals surface area contributed by atoms with Crippen LogP contribution in [0.2, 0.25) is 0 Å². The summed E-state index contributed by atoms with van der Waals surface area (Å²) in [5.41, 5.74) is -2.02. The number of aromatic nitrogens is 3. The van der Waals surface area contributed by atoms with E-state index in [0.717, 1.165) is 4.57 Å². The molecule has 0 bridgehead atoms. The predicted octanol–water partition coefficient (Wildman–Crippen LogP) is 3.17. The minimum absolute atomic E-state index is 0.00678. The van der Waals surface area contributed by atoms with Gasteiger partial charge in [-0.25, -0.2) is 19.1 Å². The van der Waals surface area contributed by atoms with Crippen molar-refractivity contribution in [3.05, 3.63) is 68.7 Å². The number of aryl methyl sites for hydroxylation is 1. The molecule has 1 fully saturated rings. The van der Waals surface area contributed by atoms with E-state index < -0.39 is 28.9 Å². The molecular formula is C26H27N3O8S. The largest absolute Gasteiger partial charge is 0.496 e. The average Bonchev–Trinajstić information content (AvgIpc) is 3.50. The second-order valence-corrected chi connectivity index (χ2v) is 10.5. The molecule has 4 aromatic rings. The summed E-state index contributed by atoms with van der Waals surface area (Å²) in [5.74, 6) is -0.438. The maximum absolute atomic E-state index is 14.0. The number of aliphatic carboxylic acids is 1. The van der Waals surface area contributed by atoms with Crippen molar-refractivity contribution in [3.8, 4) is 16.5 Å². The summed E-state index contributed by atoms with van der Waals surface area (Å²) in [7, 11) is 1.55. The molecule has 1 N–H and O–H groups in total. The molecule has 12 heteroatoms. The van der Waals surface area contributed by atoms with Crippen LogP contribution in [0, 0.1) is 6.92 Å². The molecule has 3 aromatic heterocycles. The highest BCUT2D eigenvalue weighted by Crippen LogP contribution is 2.37. The zero-order valence-corrected chi connectivity index (χ0v) is 22.1. The first-order chi connectivity index (χ1) is 18.1. The first-order valence-electron chi connectivity index (χ1n) is 11.9. The predicted molar refractivity (Wildman–Crippen MR) is 139 cm³/mol. The van der Waals surface area contributed by atoms with Gasteiger partial charge in [0.15, 0.2) is 0 Å². The Labute approximate surface area is 220 Å². The van der Waals surface area contributed by atoms with Crippen molar-refractivity contribution in [2.24, 2.45) is 0 Å². The SMILES string of the molecule is COc1ccccc1[C@H](Cn1c(=O)n(C(C)(C)C(=O)O)c(=O)c2c(C)c(-c3ncco3)sc21)OC1COC1. The second-order valence-electron chi connectivity index (χ2n) is 9.50. The summed E-state index contributed by atoms with van der Waals surface area (Å²) in [4.78, 5) is 45.0. The number of hydrogen-bond acceptors (Lipinski definition) is 9. The van der Waals surface area contributed by atoms with E-state index in [4.69, 9.17) is 18.6 Å². The summed E-state index contributed by atoms with van der Waals surface area (Å²) in [5, 5.41) is 10.2. The summed E-state index contributed by atoms with van der Waals surface area (Å²) < 4.78 is 24.9. The standard InChI is InChI=1S/C26H27N3O8S/c1-14-19-22(30)29(26(2,3)24(31)32)25(33)28(23(19)38-20(14)21-27-9-10-36-21)11-18(37-15-12-35-13-15)16-7-5-6-8-17(16)34-4/h5-10,15,18H,11-13H2,1-4H3,(H,31,32)/t18-/m0/s1. The Hall–Kier alpha value is -3.74. The number of carboxylic acid groups (broad SMARTS) is 1. The van der Waals surface area contributed by atoms with Gasteiger partial charge in [-0.3, -0.25) is 9.36 Å². The number of fused-ring (bicyclic) bond motifs is 1. The number of thiophene rings is 1. The Bertz CT molecular complexity index is 1610. The quantitative estimate of drug-likeness (QED) is 0.339. The molecular weight excluding hydrogens is 514 g/mol. The lowest BCUT2D eigenvalue weighted by Crippen LogP contribution is -2.52. The van der Waals surface area contributed by atoms with Gasteiger partial charge in [0.1, 0.15) is 34.6 Å². The van der Waals surface area contributed by atoms with Gasteiger partial charge in [-0.2, -0.15) is 0 Å². The Balaban J connectivity index is 1.78. The molecule has 200 valence electrons. The maximum atomic E-state index is 14.0. The van der Waals surface area contributed by atoms with E-state index in [-0.39, 0.29) is 18.0 Å². The van der Waals surface area contributed by atoms with Crippen molar-refractivity contribution in [1.29, 1.82) is 0 Å². The van der Waals surface area contributed by atoms with Crippen LogP contribution in [0.4, 0.5) is 0 Å². The normalized spacial score (nSPS) is 14.9. The highest BCUT2D eigenvalue weighted by atomic mass is 32.1. The van der Waals surface area contributed by atoms with Gasteiger partial charge in [0.2, 0.25) is 5.89 Å². The fourth-order valence-electron chi connectivity index (χ4n) is 4.47. The van der Waals surface area contributed by atoms with Crippen molar-refractivity contribution >= 4 is 27.5 Å². The smallest absolute Gasteiger partial charge is 0.333 e. The zero-order valence-electron chi connectivity index (χ0n) is 21.3. The molecule has 4 heterocycles. The molecule has 11 nitrogen and oxygen atoms in total. The van der Waals surface area contributed by atoms with Crippen LogP contribution in [0.1, 0.15) is 31.1 Å². The van der Waals surface area contributed by atoms with Crippen LogP contribution in [-0.4, -0.2) is 51.6 Å². The first kappa shape index (κ1) is 25.9. The Morgan fingerprint density at radius 1 is 1.29 bits per heavy atom. The Kier molecular flexibility index (Phi) is 6.72. The molecule has 0 amide bonds. The molecule has 1 atom stereocenters. The van der Waals surface area contributed by atoms with Gasteiger partial charge in [-0.15, -0.1) is 11.3 Å². The average molecular weight is 542 g/mol. The number of carboxylic acids is 1. The summed E-state index contributed by atoms with van der Waals surface area (Å²) >= 11 is 1.18. The number of benzene rings is 1. The molecule has 0 radical (unpaired) electrons.